The summed E-state index contributed by atoms with van der Waals surface area (Å²) in [6.07, 6.45) is -1.71. The number of hydrogen-bond acceptors (Lipinski definition) is 4. The van der Waals surface area contributed by atoms with Crippen molar-refractivity contribution in [2.75, 3.05) is 13.1 Å². The van der Waals surface area contributed by atoms with E-state index in [9.17, 15) is 18.3 Å². The molecule has 9 heteroatoms. The molecule has 144 valence electrons. The molecular weight excluding hydrogens is 377 g/mol. The molecule has 1 aliphatic rings. The number of benzene rings is 1. The monoisotopic (exact) mass is 397 g/mol. The Labute approximate surface area is 158 Å². The van der Waals surface area contributed by atoms with E-state index in [-0.39, 0.29) is 11.9 Å². The number of halogens is 3. The molecule has 1 fully saturated rings. The number of rotatable bonds is 4. The first-order valence-corrected chi connectivity index (χ1v) is 9.79. The summed E-state index contributed by atoms with van der Waals surface area (Å²) in [7, 11) is 0. The molecule has 1 atom stereocenters. The average Bonchev–Trinajstić information content (AvgIpc) is 3.35. The fourth-order valence-electron chi connectivity index (χ4n) is 3.71. The summed E-state index contributed by atoms with van der Waals surface area (Å²) in [4.78, 5) is 6.73. The molecule has 0 amide bonds. The quantitative estimate of drug-likeness (QED) is 0.712. The molecule has 1 aliphatic heterocycles. The number of hydrogen-bond donors (Lipinski definition) is 2. The maximum Gasteiger partial charge on any atom is 0.416 e. The van der Waals surface area contributed by atoms with E-state index in [0.717, 1.165) is 36.9 Å². The summed E-state index contributed by atoms with van der Waals surface area (Å²) in [5.41, 5.74) is -0.118. The third-order valence-corrected chi connectivity index (χ3v) is 6.11. The number of nitrogens with one attached hydrogen (secondary N) is 1. The van der Waals surface area contributed by atoms with E-state index >= 15 is 0 Å². The van der Waals surface area contributed by atoms with Gasteiger partial charge in [-0.25, -0.2) is 4.98 Å². The number of aromatic nitrogens is 3. The zero-order valence-corrected chi connectivity index (χ0v) is 15.6. The van der Waals surface area contributed by atoms with Crippen molar-refractivity contribution in [1.82, 2.24) is 14.6 Å². The summed E-state index contributed by atoms with van der Waals surface area (Å²) in [5.74, 6) is 0.608. The molecule has 0 aliphatic carbocycles. The van der Waals surface area contributed by atoms with Crippen LogP contribution in [0.25, 0.3) is 4.96 Å². The van der Waals surface area contributed by atoms with Gasteiger partial charge in [0.2, 0.25) is 10.8 Å². The lowest BCUT2D eigenvalue weighted by Crippen LogP contribution is -3.10. The lowest BCUT2D eigenvalue weighted by Gasteiger charge is -2.24. The van der Waals surface area contributed by atoms with Gasteiger partial charge in [-0.05, 0) is 12.1 Å². The van der Waals surface area contributed by atoms with Gasteiger partial charge >= 0.3 is 6.18 Å². The Morgan fingerprint density at radius 2 is 2.04 bits per heavy atom. The number of fused-ring (bicyclic) bond motifs is 1. The normalized spacial score (nSPS) is 17.0. The summed E-state index contributed by atoms with van der Waals surface area (Å²) in [6, 6.07) is 5.05. The van der Waals surface area contributed by atoms with Crippen LogP contribution in [-0.4, -0.2) is 32.8 Å². The van der Waals surface area contributed by atoms with Crippen LogP contribution < -0.4 is 4.90 Å². The molecule has 4 rings (SSSR count). The Balaban J connectivity index is 1.83. The zero-order chi connectivity index (χ0) is 19.2. The van der Waals surface area contributed by atoms with Gasteiger partial charge in [0.05, 0.1) is 18.7 Å². The first-order valence-electron chi connectivity index (χ1n) is 8.97. The van der Waals surface area contributed by atoms with Gasteiger partial charge < -0.3 is 10.0 Å². The summed E-state index contributed by atoms with van der Waals surface area (Å²) < 4.78 is 41.0. The Hall–Kier alpha value is -2.13. The molecule has 1 saturated heterocycles. The van der Waals surface area contributed by atoms with Crippen molar-refractivity contribution < 1.29 is 23.2 Å². The Morgan fingerprint density at radius 1 is 1.30 bits per heavy atom. The van der Waals surface area contributed by atoms with Crippen molar-refractivity contribution in [3.05, 3.63) is 46.1 Å². The summed E-state index contributed by atoms with van der Waals surface area (Å²) >= 11 is 1.30. The van der Waals surface area contributed by atoms with E-state index in [1.165, 1.54) is 28.0 Å². The molecule has 0 spiro atoms. The second kappa shape index (κ2) is 6.79. The van der Waals surface area contributed by atoms with E-state index in [1.54, 1.807) is 6.07 Å². The van der Waals surface area contributed by atoms with Gasteiger partial charge in [-0.2, -0.15) is 17.7 Å². The van der Waals surface area contributed by atoms with Crippen LogP contribution in [0.4, 0.5) is 13.2 Å². The second-order valence-electron chi connectivity index (χ2n) is 6.79. The predicted molar refractivity (Wildman–Crippen MR) is 95.1 cm³/mol. The lowest BCUT2D eigenvalue weighted by molar-refractivity contribution is -0.913. The summed E-state index contributed by atoms with van der Waals surface area (Å²) in [6.45, 7) is 3.64. The van der Waals surface area contributed by atoms with Crippen molar-refractivity contribution in [2.24, 2.45) is 0 Å². The number of aryl methyl sites for hydroxylation is 1. The fourth-order valence-corrected chi connectivity index (χ4v) is 4.87. The molecule has 3 aromatic rings. The van der Waals surface area contributed by atoms with E-state index < -0.39 is 11.7 Å². The molecule has 0 unspecified atom stereocenters. The first kappa shape index (κ1) is 18.2. The molecule has 3 heterocycles. The van der Waals surface area contributed by atoms with Crippen LogP contribution in [0.3, 0.4) is 0 Å². The van der Waals surface area contributed by atoms with Gasteiger partial charge in [0.1, 0.15) is 4.88 Å². The van der Waals surface area contributed by atoms with E-state index in [0.29, 0.717) is 27.6 Å². The van der Waals surface area contributed by atoms with Crippen LogP contribution in [0, 0.1) is 0 Å². The third-order valence-electron chi connectivity index (χ3n) is 5.02. The Bertz CT molecular complexity index is 959. The van der Waals surface area contributed by atoms with Crippen molar-refractivity contribution in [3.8, 4) is 5.88 Å². The number of quaternary nitrogens is 1. The van der Waals surface area contributed by atoms with Crippen molar-refractivity contribution in [1.29, 1.82) is 0 Å². The molecule has 0 saturated carbocycles. The van der Waals surface area contributed by atoms with Gasteiger partial charge in [-0.1, -0.05) is 30.4 Å². The minimum atomic E-state index is -4.40. The van der Waals surface area contributed by atoms with Crippen LogP contribution in [0.5, 0.6) is 5.88 Å². The maximum absolute atomic E-state index is 13.2. The largest absolute Gasteiger partial charge is 0.492 e. The average molecular weight is 397 g/mol. The third kappa shape index (κ3) is 3.29. The molecular formula is C18H20F3N4OS+. The van der Waals surface area contributed by atoms with Gasteiger partial charge in [-0.3, -0.25) is 0 Å². The van der Waals surface area contributed by atoms with Crippen molar-refractivity contribution >= 4 is 16.3 Å². The lowest BCUT2D eigenvalue weighted by atomic mass is 10.0. The predicted octanol–water partition coefficient (Wildman–Crippen LogP) is 2.85. The molecule has 5 nitrogen and oxygen atoms in total. The molecule has 27 heavy (non-hydrogen) atoms. The van der Waals surface area contributed by atoms with Gasteiger partial charge in [-0.15, -0.1) is 5.10 Å². The molecule has 1 aromatic carbocycles. The molecule has 0 radical (unpaired) electrons. The topological polar surface area (TPSA) is 54.9 Å². The van der Waals surface area contributed by atoms with Crippen LogP contribution in [0.2, 0.25) is 0 Å². The van der Waals surface area contributed by atoms with Crippen molar-refractivity contribution in [3.63, 3.8) is 0 Å². The Morgan fingerprint density at radius 3 is 2.67 bits per heavy atom. The minimum Gasteiger partial charge on any atom is -0.492 e. The maximum atomic E-state index is 13.2. The number of alkyl halides is 3. The van der Waals surface area contributed by atoms with Crippen LogP contribution >= 0.6 is 11.3 Å². The minimum absolute atomic E-state index is 0.0241. The van der Waals surface area contributed by atoms with E-state index in [1.807, 2.05) is 6.92 Å². The smallest absolute Gasteiger partial charge is 0.416 e. The van der Waals surface area contributed by atoms with Crippen LogP contribution in [0.1, 0.15) is 47.6 Å². The first-order chi connectivity index (χ1) is 12.9. The standard InChI is InChI=1S/C18H19F3N4OS/c1-2-13-22-17-25(23-13)16(26)15(27-17)14(24-8-3-4-9-24)11-6-5-7-12(10-11)18(19,20)21/h5-7,10,14,26H,2-4,8-9H2,1H3/p+1/t14-/m0/s1. The molecule has 0 bridgehead atoms. The number of thiazole rings is 1. The van der Waals surface area contributed by atoms with Gasteiger partial charge in [0, 0.05) is 24.8 Å². The van der Waals surface area contributed by atoms with Gasteiger partial charge in [0.15, 0.2) is 11.9 Å². The highest BCUT2D eigenvalue weighted by Crippen LogP contribution is 2.37. The second-order valence-corrected chi connectivity index (χ2v) is 7.80. The number of nitrogens with zero attached hydrogens (tertiary/aromatic N) is 3. The van der Waals surface area contributed by atoms with E-state index in [2.05, 4.69) is 10.1 Å². The molecule has 2 N–H and O–H groups in total. The number of aromatic hydroxyl groups is 1. The highest BCUT2D eigenvalue weighted by Gasteiger charge is 2.37. The number of likely N-dealkylation sites (tertiary alicyclic amines) is 1. The van der Waals surface area contributed by atoms with Crippen LogP contribution in [-0.2, 0) is 12.6 Å². The highest BCUT2D eigenvalue weighted by atomic mass is 32.1. The SMILES string of the molecule is CCc1nc2sc([C@H](c3cccc(C(F)(F)F)c3)[NH+]3CCCC3)c(O)n2n1. The molecule has 2 aromatic heterocycles. The van der Waals surface area contributed by atoms with Gasteiger partial charge in [0.25, 0.3) is 0 Å². The van der Waals surface area contributed by atoms with E-state index in [4.69, 9.17) is 0 Å². The Kier molecular flexibility index (Phi) is 4.59. The summed E-state index contributed by atoms with van der Waals surface area (Å²) in [5, 5.41) is 15.0. The fraction of sp³-hybridized carbons (Fsp3) is 0.444. The highest BCUT2D eigenvalue weighted by molar-refractivity contribution is 7.17. The van der Waals surface area contributed by atoms with Crippen molar-refractivity contribution in [2.45, 2.75) is 38.4 Å². The van der Waals surface area contributed by atoms with Crippen LogP contribution in [0.15, 0.2) is 24.3 Å². The zero-order valence-electron chi connectivity index (χ0n) is 14.8.